The number of hydrogen-bond donors (Lipinski definition) is 5. The van der Waals surface area contributed by atoms with Gasteiger partial charge in [0, 0.05) is 43.0 Å². The van der Waals surface area contributed by atoms with Crippen molar-refractivity contribution in [3.63, 3.8) is 0 Å². The van der Waals surface area contributed by atoms with E-state index >= 15 is 0 Å². The minimum Gasteiger partial charge on any atom is -0.391 e. The van der Waals surface area contributed by atoms with E-state index in [9.17, 15) is 32.7 Å². The van der Waals surface area contributed by atoms with Crippen LogP contribution in [0.2, 0.25) is 0 Å². The first-order valence-electron chi connectivity index (χ1n) is 17.8. The number of aliphatic hydroxyl groups is 1. The van der Waals surface area contributed by atoms with Gasteiger partial charge in [-0.15, -0.1) is 0 Å². The zero-order valence-corrected chi connectivity index (χ0v) is 32.6. The van der Waals surface area contributed by atoms with Crippen LogP contribution in [-0.2, 0) is 26.2 Å². The van der Waals surface area contributed by atoms with E-state index in [1.807, 2.05) is 65.0 Å². The maximum absolute atomic E-state index is 13.8. The van der Waals surface area contributed by atoms with Gasteiger partial charge in [0.15, 0.2) is 0 Å². The Balaban J connectivity index is 1.78. The van der Waals surface area contributed by atoms with E-state index in [4.69, 9.17) is 0 Å². The number of carbonyl (C=O) groups is 4. The van der Waals surface area contributed by atoms with E-state index in [0.29, 0.717) is 6.42 Å². The van der Waals surface area contributed by atoms with Crippen molar-refractivity contribution in [3.05, 3.63) is 95.3 Å². The molecule has 5 unspecified atom stereocenters. The molecule has 53 heavy (non-hydrogen) atoms. The fourth-order valence-corrected chi connectivity index (χ4v) is 6.18. The monoisotopic (exact) mass is 750 g/mol. The molecule has 0 saturated carbocycles. The average molecular weight is 751 g/mol. The number of nitrogens with zero attached hydrogens (tertiary/aromatic N) is 2. The maximum atomic E-state index is 13.8. The standard InChI is InChI=1S/C39H54N6O7S/c1-24(2)18-33(34(46)19-26(5)36(47)44-35(25(3)4)39(50)41-23-28-14-16-40-17-15-28)43-38(49)31-20-30(21-32(22-31)45(7)53(8,51)52)37(48)42-27(6)29-12-10-9-11-13-29/h9-17,20-22,24-27,33-35,46H,18-19,23H2,1-8H3,(H,41,50)(H,42,48)(H,43,49)(H,44,47). The van der Waals surface area contributed by atoms with Crippen molar-refractivity contribution in [3.8, 4) is 0 Å². The second-order valence-electron chi connectivity index (χ2n) is 14.3. The SMILES string of the molecule is CC(C)CC(NC(=O)c1cc(C(=O)NC(C)c2ccccc2)cc(N(C)S(C)(=O)=O)c1)C(O)CC(C)C(=O)NC(C(=O)NCc1ccncc1)C(C)C. The molecule has 3 rings (SSSR count). The van der Waals surface area contributed by atoms with E-state index in [2.05, 4.69) is 26.3 Å². The fourth-order valence-electron chi connectivity index (χ4n) is 5.69. The summed E-state index contributed by atoms with van der Waals surface area (Å²) in [5.41, 5.74) is 1.92. The van der Waals surface area contributed by atoms with Crippen LogP contribution in [-0.4, -0.2) is 73.6 Å². The zero-order valence-electron chi connectivity index (χ0n) is 31.8. The summed E-state index contributed by atoms with van der Waals surface area (Å²) in [6, 6.07) is 15.0. The number of nitrogens with one attached hydrogen (secondary N) is 4. The third kappa shape index (κ3) is 13.0. The van der Waals surface area contributed by atoms with Gasteiger partial charge < -0.3 is 26.4 Å². The highest BCUT2D eigenvalue weighted by Crippen LogP contribution is 2.23. The number of rotatable bonds is 18. The number of amides is 4. The molecule has 0 radical (unpaired) electrons. The van der Waals surface area contributed by atoms with Crippen LogP contribution in [0.25, 0.3) is 0 Å². The largest absolute Gasteiger partial charge is 0.391 e. The third-order valence-corrected chi connectivity index (χ3v) is 10.2. The summed E-state index contributed by atoms with van der Waals surface area (Å²) in [6.07, 6.45) is 3.46. The van der Waals surface area contributed by atoms with Crippen LogP contribution < -0.4 is 25.6 Å². The van der Waals surface area contributed by atoms with Crippen LogP contribution in [0.5, 0.6) is 0 Å². The highest BCUT2D eigenvalue weighted by atomic mass is 32.2. The molecular formula is C39H54N6O7S. The number of anilines is 1. The van der Waals surface area contributed by atoms with Crippen molar-refractivity contribution in [2.75, 3.05) is 17.6 Å². The molecule has 0 bridgehead atoms. The second kappa shape index (κ2) is 19.3. The molecule has 5 N–H and O–H groups in total. The summed E-state index contributed by atoms with van der Waals surface area (Å²) >= 11 is 0. The lowest BCUT2D eigenvalue weighted by Crippen LogP contribution is -2.51. The number of pyridine rings is 1. The van der Waals surface area contributed by atoms with Gasteiger partial charge in [-0.25, -0.2) is 8.42 Å². The van der Waals surface area contributed by atoms with Crippen molar-refractivity contribution in [1.29, 1.82) is 0 Å². The number of aliphatic hydroxyl groups excluding tert-OH is 1. The Morgan fingerprint density at radius 1 is 0.792 bits per heavy atom. The average Bonchev–Trinajstić information content (AvgIpc) is 3.11. The number of hydrogen-bond acceptors (Lipinski definition) is 8. The molecule has 1 heterocycles. The lowest BCUT2D eigenvalue weighted by Gasteiger charge is -2.29. The molecule has 4 amide bonds. The van der Waals surface area contributed by atoms with Gasteiger partial charge in [-0.05, 0) is 73.1 Å². The van der Waals surface area contributed by atoms with Crippen molar-refractivity contribution in [1.82, 2.24) is 26.3 Å². The number of aromatic nitrogens is 1. The molecule has 3 aromatic rings. The summed E-state index contributed by atoms with van der Waals surface area (Å²) in [5.74, 6) is -2.80. The maximum Gasteiger partial charge on any atom is 0.251 e. The number of carbonyl (C=O) groups excluding carboxylic acids is 4. The van der Waals surface area contributed by atoms with E-state index in [-0.39, 0.29) is 53.6 Å². The van der Waals surface area contributed by atoms with Crippen molar-refractivity contribution >= 4 is 39.3 Å². The zero-order chi connectivity index (χ0) is 39.5. The topological polar surface area (TPSA) is 187 Å². The first kappa shape index (κ1) is 42.6. The minimum absolute atomic E-state index is 0.0137. The Hall–Kier alpha value is -4.82. The molecular weight excluding hydrogens is 697 g/mol. The van der Waals surface area contributed by atoms with Crippen molar-refractivity contribution < 1.29 is 32.7 Å². The first-order valence-corrected chi connectivity index (χ1v) is 19.6. The Bertz CT molecular complexity index is 1810. The fraction of sp³-hybridized carbons (Fsp3) is 0.462. The van der Waals surface area contributed by atoms with Gasteiger partial charge in [0.05, 0.1) is 30.1 Å². The summed E-state index contributed by atoms with van der Waals surface area (Å²) in [7, 11) is -2.43. The molecule has 0 aliphatic rings. The molecule has 1 aromatic heterocycles. The Morgan fingerprint density at radius 2 is 1.38 bits per heavy atom. The predicted octanol–water partition coefficient (Wildman–Crippen LogP) is 3.96. The quantitative estimate of drug-likeness (QED) is 0.129. The van der Waals surface area contributed by atoms with Crippen molar-refractivity contribution in [2.24, 2.45) is 17.8 Å². The highest BCUT2D eigenvalue weighted by Gasteiger charge is 2.31. The first-order chi connectivity index (χ1) is 24.9. The van der Waals surface area contributed by atoms with Crippen LogP contribution in [0, 0.1) is 17.8 Å². The summed E-state index contributed by atoms with van der Waals surface area (Å²) in [6.45, 7) is 11.2. The Morgan fingerprint density at radius 3 is 1.92 bits per heavy atom. The van der Waals surface area contributed by atoms with Gasteiger partial charge in [0.1, 0.15) is 6.04 Å². The smallest absolute Gasteiger partial charge is 0.251 e. The Kier molecular flexibility index (Phi) is 15.5. The van der Waals surface area contributed by atoms with Crippen LogP contribution in [0.15, 0.2) is 73.1 Å². The molecule has 288 valence electrons. The highest BCUT2D eigenvalue weighted by molar-refractivity contribution is 7.92. The lowest BCUT2D eigenvalue weighted by molar-refractivity contribution is -0.132. The van der Waals surface area contributed by atoms with Crippen molar-refractivity contribution in [2.45, 2.75) is 85.2 Å². The van der Waals surface area contributed by atoms with E-state index in [1.54, 1.807) is 31.5 Å². The molecule has 13 nitrogen and oxygen atoms in total. The Labute approximate surface area is 313 Å². The summed E-state index contributed by atoms with van der Waals surface area (Å²) < 4.78 is 25.9. The lowest BCUT2D eigenvalue weighted by atomic mass is 9.91. The van der Waals surface area contributed by atoms with Gasteiger partial charge in [0.2, 0.25) is 21.8 Å². The molecule has 0 aliphatic heterocycles. The summed E-state index contributed by atoms with van der Waals surface area (Å²) in [5, 5.41) is 22.8. The van der Waals surface area contributed by atoms with Crippen LogP contribution in [0.1, 0.15) is 92.3 Å². The molecule has 0 saturated heterocycles. The number of sulfonamides is 1. The van der Waals surface area contributed by atoms with Crippen LogP contribution in [0.3, 0.4) is 0 Å². The normalized spacial score (nSPS) is 14.4. The van der Waals surface area contributed by atoms with Crippen LogP contribution in [0.4, 0.5) is 5.69 Å². The second-order valence-corrected chi connectivity index (χ2v) is 16.3. The van der Waals surface area contributed by atoms with Crippen LogP contribution >= 0.6 is 0 Å². The third-order valence-electron chi connectivity index (χ3n) is 8.96. The molecule has 5 atom stereocenters. The van der Waals surface area contributed by atoms with E-state index < -0.39 is 51.9 Å². The van der Waals surface area contributed by atoms with Gasteiger partial charge in [-0.2, -0.15) is 0 Å². The predicted molar refractivity (Wildman–Crippen MR) is 205 cm³/mol. The van der Waals surface area contributed by atoms with E-state index in [1.165, 1.54) is 25.2 Å². The molecule has 0 spiro atoms. The molecule has 2 aromatic carbocycles. The molecule has 0 aliphatic carbocycles. The van der Waals surface area contributed by atoms with Gasteiger partial charge in [-0.3, -0.25) is 28.5 Å². The number of benzene rings is 2. The van der Waals surface area contributed by atoms with Gasteiger partial charge in [0.25, 0.3) is 11.8 Å². The van der Waals surface area contributed by atoms with Gasteiger partial charge >= 0.3 is 0 Å². The van der Waals surface area contributed by atoms with E-state index in [0.717, 1.165) is 21.7 Å². The van der Waals surface area contributed by atoms with Gasteiger partial charge in [-0.1, -0.05) is 65.0 Å². The molecule has 0 fully saturated rings. The molecule has 14 heteroatoms. The minimum atomic E-state index is -3.75. The summed E-state index contributed by atoms with van der Waals surface area (Å²) in [4.78, 5) is 57.6.